The third-order valence-corrected chi connectivity index (χ3v) is 4.14. The number of carbonyl (C=O) groups excluding carboxylic acids is 1. The first kappa shape index (κ1) is 15.5. The number of hydrogen-bond acceptors (Lipinski definition) is 3. The zero-order valence-electron chi connectivity index (χ0n) is 13.1. The predicted octanol–water partition coefficient (Wildman–Crippen LogP) is 2.73. The molecule has 0 atom stereocenters. The number of methoxy groups -OCH3 is 1. The predicted molar refractivity (Wildman–Crippen MR) is 88.2 cm³/mol. The van der Waals surface area contributed by atoms with Crippen molar-refractivity contribution < 1.29 is 9.53 Å². The fourth-order valence-corrected chi connectivity index (χ4v) is 2.95. The lowest BCUT2D eigenvalue weighted by Crippen LogP contribution is -2.30. The maximum absolute atomic E-state index is 12.4. The summed E-state index contributed by atoms with van der Waals surface area (Å²) in [4.78, 5) is 15.7. The molecule has 0 saturated carbocycles. The van der Waals surface area contributed by atoms with Crippen molar-refractivity contribution in [3.05, 3.63) is 34.5 Å². The Hall–Kier alpha value is -1.88. The van der Waals surface area contributed by atoms with E-state index in [9.17, 15) is 4.79 Å². The lowest BCUT2D eigenvalue weighted by molar-refractivity contribution is -0.122. The second-order valence-electron chi connectivity index (χ2n) is 5.11. The molecule has 0 aliphatic carbocycles. The highest BCUT2D eigenvalue weighted by atomic mass is 32.1. The summed E-state index contributed by atoms with van der Waals surface area (Å²) in [6.45, 7) is 6.50. The molecular formula is C16H20N2O2S. The average Bonchev–Trinajstić information content (AvgIpc) is 2.62. The molecule has 1 amide bonds. The summed E-state index contributed by atoms with van der Waals surface area (Å²) in [5.41, 5.74) is 3.67. The molecule has 112 valence electrons. The lowest BCUT2D eigenvalue weighted by Gasteiger charge is -2.13. The zero-order chi connectivity index (χ0) is 15.7. The van der Waals surface area contributed by atoms with Crippen molar-refractivity contribution in [3.63, 3.8) is 0 Å². The molecule has 0 aromatic heterocycles. The van der Waals surface area contributed by atoms with Gasteiger partial charge in [-0.2, -0.15) is 0 Å². The molecule has 21 heavy (non-hydrogen) atoms. The van der Waals surface area contributed by atoms with Gasteiger partial charge in [0.2, 0.25) is 0 Å². The standard InChI is InChI=1S/C16H20N2O2S/c1-6-18-15(19)13(17(4)16(18)21)9-12-7-10(2)14(20-5)11(3)8-12/h7-9H,6H2,1-5H3/b13-9-. The average molecular weight is 304 g/mol. The van der Waals surface area contributed by atoms with Crippen molar-refractivity contribution in [2.45, 2.75) is 20.8 Å². The van der Waals surface area contributed by atoms with Crippen LogP contribution in [0.25, 0.3) is 6.08 Å². The van der Waals surface area contributed by atoms with Crippen molar-refractivity contribution in [3.8, 4) is 5.75 Å². The van der Waals surface area contributed by atoms with E-state index in [0.717, 1.165) is 22.4 Å². The summed E-state index contributed by atoms with van der Waals surface area (Å²) in [6, 6.07) is 4.02. The molecule has 0 spiro atoms. The van der Waals surface area contributed by atoms with Gasteiger partial charge in [0.25, 0.3) is 5.91 Å². The third kappa shape index (κ3) is 2.65. The maximum Gasteiger partial charge on any atom is 0.276 e. The van der Waals surface area contributed by atoms with Crippen LogP contribution in [0.2, 0.25) is 0 Å². The largest absolute Gasteiger partial charge is 0.496 e. The summed E-state index contributed by atoms with van der Waals surface area (Å²) in [5.74, 6) is 0.838. The first-order valence-electron chi connectivity index (χ1n) is 6.87. The molecule has 1 aromatic carbocycles. The van der Waals surface area contributed by atoms with Gasteiger partial charge in [0.05, 0.1) is 7.11 Å². The molecule has 1 aromatic rings. The van der Waals surface area contributed by atoms with Gasteiger partial charge in [-0.25, -0.2) is 0 Å². The minimum atomic E-state index is -0.0453. The van der Waals surface area contributed by atoms with Crippen LogP contribution in [0.3, 0.4) is 0 Å². The molecule has 1 fully saturated rings. The summed E-state index contributed by atoms with van der Waals surface area (Å²) in [7, 11) is 3.49. The Morgan fingerprint density at radius 3 is 2.29 bits per heavy atom. The van der Waals surface area contributed by atoms with E-state index in [1.807, 2.05) is 46.0 Å². The molecule has 1 saturated heterocycles. The highest BCUT2D eigenvalue weighted by Gasteiger charge is 2.34. The second kappa shape index (κ2) is 5.85. The highest BCUT2D eigenvalue weighted by molar-refractivity contribution is 7.80. The van der Waals surface area contributed by atoms with Gasteiger partial charge in [0.15, 0.2) is 5.11 Å². The number of carbonyl (C=O) groups is 1. The molecular weight excluding hydrogens is 284 g/mol. The summed E-state index contributed by atoms with van der Waals surface area (Å²) < 4.78 is 5.37. The van der Waals surface area contributed by atoms with Crippen molar-refractivity contribution in [1.82, 2.24) is 9.80 Å². The van der Waals surface area contributed by atoms with Crippen molar-refractivity contribution in [2.24, 2.45) is 0 Å². The topological polar surface area (TPSA) is 32.8 Å². The van der Waals surface area contributed by atoms with Crippen molar-refractivity contribution in [2.75, 3.05) is 20.7 Å². The Morgan fingerprint density at radius 1 is 1.29 bits per heavy atom. The molecule has 0 unspecified atom stereocenters. The zero-order valence-corrected chi connectivity index (χ0v) is 13.9. The van der Waals surface area contributed by atoms with Crippen LogP contribution in [0, 0.1) is 13.8 Å². The number of rotatable bonds is 3. The minimum Gasteiger partial charge on any atom is -0.496 e. The van der Waals surface area contributed by atoms with Crippen LogP contribution in [0.15, 0.2) is 17.8 Å². The number of aryl methyl sites for hydroxylation is 2. The van der Waals surface area contributed by atoms with Crippen LogP contribution in [-0.4, -0.2) is 41.5 Å². The van der Waals surface area contributed by atoms with E-state index in [4.69, 9.17) is 17.0 Å². The summed E-state index contributed by atoms with van der Waals surface area (Å²) in [5, 5.41) is 0.552. The van der Waals surface area contributed by atoms with Crippen molar-refractivity contribution >= 4 is 29.3 Å². The highest BCUT2D eigenvalue weighted by Crippen LogP contribution is 2.27. The fraction of sp³-hybridized carbons (Fsp3) is 0.375. The Labute approximate surface area is 131 Å². The molecule has 0 N–H and O–H groups in total. The number of nitrogens with zero attached hydrogens (tertiary/aromatic N) is 2. The number of thiocarbonyl (C=S) groups is 1. The normalized spacial score (nSPS) is 17.1. The van der Waals surface area contributed by atoms with E-state index in [-0.39, 0.29) is 5.91 Å². The van der Waals surface area contributed by atoms with Gasteiger partial charge >= 0.3 is 0 Å². The Bertz CT molecular complexity index is 614. The first-order valence-corrected chi connectivity index (χ1v) is 7.28. The van der Waals surface area contributed by atoms with E-state index in [2.05, 4.69) is 0 Å². The second-order valence-corrected chi connectivity index (χ2v) is 5.47. The van der Waals surface area contributed by atoms with E-state index >= 15 is 0 Å². The van der Waals surface area contributed by atoms with Gasteiger partial charge in [-0.15, -0.1) is 0 Å². The van der Waals surface area contributed by atoms with Crippen LogP contribution in [0.1, 0.15) is 23.6 Å². The van der Waals surface area contributed by atoms with E-state index < -0.39 is 0 Å². The van der Waals surface area contributed by atoms with Gasteiger partial charge in [-0.1, -0.05) is 0 Å². The van der Waals surface area contributed by atoms with Crippen LogP contribution >= 0.6 is 12.2 Å². The van der Waals surface area contributed by atoms with E-state index in [1.54, 1.807) is 16.9 Å². The summed E-state index contributed by atoms with van der Waals surface area (Å²) >= 11 is 5.29. The smallest absolute Gasteiger partial charge is 0.276 e. The number of ether oxygens (including phenoxy) is 1. The fourth-order valence-electron chi connectivity index (χ4n) is 2.64. The molecule has 1 aliphatic heterocycles. The SMILES string of the molecule is CCN1C(=O)/C(=C/c2cc(C)c(OC)c(C)c2)N(C)C1=S. The molecule has 1 heterocycles. The van der Waals surface area contributed by atoms with Gasteiger partial charge in [-0.05, 0) is 67.9 Å². The van der Waals surface area contributed by atoms with Crippen molar-refractivity contribution in [1.29, 1.82) is 0 Å². The van der Waals surface area contributed by atoms with E-state index in [1.165, 1.54) is 0 Å². The molecule has 0 radical (unpaired) electrons. The molecule has 2 rings (SSSR count). The number of hydrogen-bond donors (Lipinski definition) is 0. The molecule has 1 aliphatic rings. The van der Waals surface area contributed by atoms with E-state index in [0.29, 0.717) is 17.4 Å². The molecule has 5 heteroatoms. The first-order chi connectivity index (χ1) is 9.90. The van der Waals surface area contributed by atoms with Crippen LogP contribution in [0.4, 0.5) is 0 Å². The van der Waals surface area contributed by atoms with Crippen LogP contribution in [-0.2, 0) is 4.79 Å². The van der Waals surface area contributed by atoms with Gasteiger partial charge in [0.1, 0.15) is 11.4 Å². The monoisotopic (exact) mass is 304 g/mol. The van der Waals surface area contributed by atoms with Gasteiger partial charge < -0.3 is 9.64 Å². The number of likely N-dealkylation sites (N-methyl/N-ethyl adjacent to an activating group) is 2. The van der Waals surface area contributed by atoms with Crippen LogP contribution < -0.4 is 4.74 Å². The Morgan fingerprint density at radius 2 is 1.86 bits per heavy atom. The lowest BCUT2D eigenvalue weighted by atomic mass is 10.0. The quantitative estimate of drug-likeness (QED) is 0.635. The molecule has 4 nitrogen and oxygen atoms in total. The summed E-state index contributed by atoms with van der Waals surface area (Å²) in [6.07, 6.45) is 1.88. The van der Waals surface area contributed by atoms with Gasteiger partial charge in [-0.3, -0.25) is 9.69 Å². The van der Waals surface area contributed by atoms with Crippen LogP contribution in [0.5, 0.6) is 5.75 Å². The Kier molecular flexibility index (Phi) is 4.32. The Balaban J connectivity index is 2.45. The third-order valence-electron chi connectivity index (χ3n) is 3.65. The maximum atomic E-state index is 12.4. The minimum absolute atomic E-state index is 0.0453. The van der Waals surface area contributed by atoms with Gasteiger partial charge in [0, 0.05) is 13.6 Å². The molecule has 0 bridgehead atoms. The number of benzene rings is 1. The number of amides is 1.